The smallest absolute Gasteiger partial charge is 0.243 e. The Morgan fingerprint density at radius 3 is 2.35 bits per heavy atom. The number of nitrogens with one attached hydrogen (secondary N) is 1. The van der Waals surface area contributed by atoms with E-state index in [2.05, 4.69) is 5.32 Å². The standard InChI is InChI=1S/C15H24N2O2S/c1-16-11-5-6-14-7-9-15(10-8-14)20(18,19)17-12-3-2-4-13-17/h7-10,16H,2-6,11-13H2,1H3. The van der Waals surface area contributed by atoms with Crippen LogP contribution < -0.4 is 5.32 Å². The topological polar surface area (TPSA) is 49.4 Å². The van der Waals surface area contributed by atoms with Gasteiger partial charge in [0.25, 0.3) is 0 Å². The molecule has 1 fully saturated rings. The summed E-state index contributed by atoms with van der Waals surface area (Å²) in [6.45, 7) is 2.30. The fourth-order valence-electron chi connectivity index (χ4n) is 2.55. The van der Waals surface area contributed by atoms with E-state index in [1.165, 1.54) is 5.56 Å². The summed E-state index contributed by atoms with van der Waals surface area (Å²) in [5.74, 6) is 0. The lowest BCUT2D eigenvalue weighted by Gasteiger charge is -2.25. The van der Waals surface area contributed by atoms with Gasteiger partial charge in [0.15, 0.2) is 0 Å². The number of rotatable bonds is 6. The molecule has 0 bridgehead atoms. The Hall–Kier alpha value is -0.910. The van der Waals surface area contributed by atoms with Crippen molar-refractivity contribution in [2.75, 3.05) is 26.7 Å². The summed E-state index contributed by atoms with van der Waals surface area (Å²) in [6, 6.07) is 7.37. The van der Waals surface area contributed by atoms with Gasteiger partial charge in [0.1, 0.15) is 0 Å². The Morgan fingerprint density at radius 1 is 1.10 bits per heavy atom. The minimum absolute atomic E-state index is 0.428. The van der Waals surface area contributed by atoms with Crippen LogP contribution in [0, 0.1) is 0 Å². The van der Waals surface area contributed by atoms with E-state index in [0.29, 0.717) is 18.0 Å². The second-order valence-electron chi connectivity index (χ2n) is 5.32. The first-order chi connectivity index (χ1) is 9.64. The van der Waals surface area contributed by atoms with E-state index in [1.807, 2.05) is 19.2 Å². The van der Waals surface area contributed by atoms with Gasteiger partial charge in [0.2, 0.25) is 10.0 Å². The van der Waals surface area contributed by atoms with Crippen LogP contribution in [0.15, 0.2) is 29.2 Å². The zero-order valence-corrected chi connectivity index (χ0v) is 13.0. The summed E-state index contributed by atoms with van der Waals surface area (Å²) in [5.41, 5.74) is 1.19. The van der Waals surface area contributed by atoms with Crippen molar-refractivity contribution in [2.45, 2.75) is 37.0 Å². The van der Waals surface area contributed by atoms with E-state index in [9.17, 15) is 8.42 Å². The molecule has 1 aromatic carbocycles. The first kappa shape index (κ1) is 15.5. The molecular weight excluding hydrogens is 272 g/mol. The van der Waals surface area contributed by atoms with E-state index < -0.39 is 10.0 Å². The van der Waals surface area contributed by atoms with Crippen molar-refractivity contribution in [1.29, 1.82) is 0 Å². The molecule has 112 valence electrons. The average Bonchev–Trinajstić information content (AvgIpc) is 2.49. The molecule has 1 aliphatic heterocycles. The molecule has 20 heavy (non-hydrogen) atoms. The predicted octanol–water partition coefficient (Wildman–Crippen LogP) is 2.01. The van der Waals surface area contributed by atoms with Crippen molar-refractivity contribution in [2.24, 2.45) is 0 Å². The van der Waals surface area contributed by atoms with E-state index in [0.717, 1.165) is 38.6 Å². The van der Waals surface area contributed by atoms with Crippen LogP contribution in [0.4, 0.5) is 0 Å². The van der Waals surface area contributed by atoms with Crippen LogP contribution in [-0.4, -0.2) is 39.4 Å². The predicted molar refractivity (Wildman–Crippen MR) is 81.3 cm³/mol. The summed E-state index contributed by atoms with van der Waals surface area (Å²) < 4.78 is 26.6. The average molecular weight is 296 g/mol. The van der Waals surface area contributed by atoms with Gasteiger partial charge in [-0.25, -0.2) is 8.42 Å². The normalized spacial score (nSPS) is 17.2. The van der Waals surface area contributed by atoms with Crippen LogP contribution >= 0.6 is 0 Å². The quantitative estimate of drug-likeness (QED) is 0.817. The molecule has 0 aromatic heterocycles. The van der Waals surface area contributed by atoms with Crippen molar-refractivity contribution in [1.82, 2.24) is 9.62 Å². The highest BCUT2D eigenvalue weighted by Crippen LogP contribution is 2.21. The minimum Gasteiger partial charge on any atom is -0.320 e. The zero-order chi connectivity index (χ0) is 14.4. The number of piperidine rings is 1. The highest BCUT2D eigenvalue weighted by Gasteiger charge is 2.25. The van der Waals surface area contributed by atoms with E-state index in [4.69, 9.17) is 0 Å². The van der Waals surface area contributed by atoms with Crippen molar-refractivity contribution in [3.8, 4) is 0 Å². The molecule has 0 aliphatic carbocycles. The summed E-state index contributed by atoms with van der Waals surface area (Å²) in [7, 11) is -1.34. The first-order valence-electron chi connectivity index (χ1n) is 7.38. The van der Waals surface area contributed by atoms with Crippen LogP contribution in [0.1, 0.15) is 31.2 Å². The highest BCUT2D eigenvalue weighted by atomic mass is 32.2. The minimum atomic E-state index is -3.28. The number of aryl methyl sites for hydroxylation is 1. The maximum atomic E-state index is 12.5. The molecule has 0 atom stereocenters. The van der Waals surface area contributed by atoms with Crippen molar-refractivity contribution < 1.29 is 8.42 Å². The van der Waals surface area contributed by atoms with Gasteiger partial charge < -0.3 is 5.32 Å². The highest BCUT2D eigenvalue weighted by molar-refractivity contribution is 7.89. The SMILES string of the molecule is CNCCCc1ccc(S(=O)(=O)N2CCCCC2)cc1. The Balaban J connectivity index is 2.04. The summed E-state index contributed by atoms with van der Waals surface area (Å²) in [4.78, 5) is 0.428. The van der Waals surface area contributed by atoms with Gasteiger partial charge in [-0.2, -0.15) is 4.31 Å². The third-order valence-electron chi connectivity index (χ3n) is 3.77. The largest absolute Gasteiger partial charge is 0.320 e. The van der Waals surface area contributed by atoms with Gasteiger partial charge in [-0.15, -0.1) is 0 Å². The molecule has 0 unspecified atom stereocenters. The Bertz CT molecular complexity index is 505. The summed E-state index contributed by atoms with van der Waals surface area (Å²) in [5, 5.41) is 3.11. The molecule has 2 rings (SSSR count). The maximum Gasteiger partial charge on any atom is 0.243 e. The van der Waals surface area contributed by atoms with Crippen LogP contribution in [-0.2, 0) is 16.4 Å². The van der Waals surface area contributed by atoms with Crippen LogP contribution in [0.3, 0.4) is 0 Å². The fourth-order valence-corrected chi connectivity index (χ4v) is 4.07. The number of benzene rings is 1. The van der Waals surface area contributed by atoms with Crippen LogP contribution in [0.2, 0.25) is 0 Å². The molecule has 0 spiro atoms. The molecule has 1 saturated heterocycles. The van der Waals surface area contributed by atoms with Gasteiger partial charge in [-0.05, 0) is 57.0 Å². The second-order valence-corrected chi connectivity index (χ2v) is 7.25. The van der Waals surface area contributed by atoms with Crippen molar-refractivity contribution in [3.05, 3.63) is 29.8 Å². The second kappa shape index (κ2) is 7.20. The molecule has 5 heteroatoms. The molecular formula is C15H24N2O2S. The zero-order valence-electron chi connectivity index (χ0n) is 12.1. The number of sulfonamides is 1. The number of hydrogen-bond donors (Lipinski definition) is 1. The van der Waals surface area contributed by atoms with Crippen molar-refractivity contribution >= 4 is 10.0 Å². The third-order valence-corrected chi connectivity index (χ3v) is 5.68. The Morgan fingerprint density at radius 2 is 1.75 bits per heavy atom. The monoisotopic (exact) mass is 296 g/mol. The first-order valence-corrected chi connectivity index (χ1v) is 8.82. The molecule has 0 saturated carbocycles. The van der Waals surface area contributed by atoms with Gasteiger partial charge in [0, 0.05) is 13.1 Å². The molecule has 1 N–H and O–H groups in total. The fraction of sp³-hybridized carbons (Fsp3) is 0.600. The molecule has 1 aliphatic rings. The van der Waals surface area contributed by atoms with Crippen molar-refractivity contribution in [3.63, 3.8) is 0 Å². The Kier molecular flexibility index (Phi) is 5.57. The molecule has 1 aromatic rings. The van der Waals surface area contributed by atoms with E-state index in [-0.39, 0.29) is 0 Å². The van der Waals surface area contributed by atoms with Gasteiger partial charge in [-0.3, -0.25) is 0 Å². The lowest BCUT2D eigenvalue weighted by atomic mass is 10.1. The van der Waals surface area contributed by atoms with E-state index >= 15 is 0 Å². The summed E-state index contributed by atoms with van der Waals surface area (Å²) >= 11 is 0. The van der Waals surface area contributed by atoms with Crippen LogP contribution in [0.5, 0.6) is 0 Å². The van der Waals surface area contributed by atoms with Gasteiger partial charge >= 0.3 is 0 Å². The molecule has 1 heterocycles. The lowest BCUT2D eigenvalue weighted by molar-refractivity contribution is 0.346. The summed E-state index contributed by atoms with van der Waals surface area (Å²) in [6.07, 6.45) is 5.12. The number of nitrogens with zero attached hydrogens (tertiary/aromatic N) is 1. The van der Waals surface area contributed by atoms with E-state index in [1.54, 1.807) is 16.4 Å². The van der Waals surface area contributed by atoms with Gasteiger partial charge in [0.05, 0.1) is 4.90 Å². The number of hydrogen-bond acceptors (Lipinski definition) is 3. The van der Waals surface area contributed by atoms with Gasteiger partial charge in [-0.1, -0.05) is 18.6 Å². The molecule has 0 amide bonds. The molecule has 4 nitrogen and oxygen atoms in total. The van der Waals surface area contributed by atoms with Crippen LogP contribution in [0.25, 0.3) is 0 Å². The molecule has 0 radical (unpaired) electrons. The maximum absolute atomic E-state index is 12.5. The Labute approximate surface area is 122 Å². The lowest BCUT2D eigenvalue weighted by Crippen LogP contribution is -2.35. The third kappa shape index (κ3) is 3.81.